The van der Waals surface area contributed by atoms with Crippen LogP contribution in [0.2, 0.25) is 0 Å². The Kier molecular flexibility index (Phi) is 7.52. The average Bonchev–Trinajstić information content (AvgIpc) is 3.24. The quantitative estimate of drug-likeness (QED) is 0.602. The highest BCUT2D eigenvalue weighted by molar-refractivity contribution is 7.91. The van der Waals surface area contributed by atoms with Gasteiger partial charge in [-0.15, -0.1) is 0 Å². The summed E-state index contributed by atoms with van der Waals surface area (Å²) in [5.41, 5.74) is 6.89. The van der Waals surface area contributed by atoms with Crippen LogP contribution in [0.25, 0.3) is 0 Å². The summed E-state index contributed by atoms with van der Waals surface area (Å²) in [5.74, 6) is 2.59. The van der Waals surface area contributed by atoms with E-state index in [1.165, 1.54) is 0 Å². The van der Waals surface area contributed by atoms with Crippen molar-refractivity contribution in [3.8, 4) is 11.8 Å². The standard InChI is InChI=1S/C21H32N4O3S/c1-2-29(26,27)9-3-8-24-11-18-13-25(14-19(18)12-24)15-20(23)16-28-21-6-4-17(10-22)5-7-21/h4-7,18-20H,2-3,8-9,11-16,23H2,1H3/t18?,19?,20-/m1/s1. The van der Waals surface area contributed by atoms with E-state index in [1.54, 1.807) is 31.2 Å². The minimum atomic E-state index is -2.86. The summed E-state index contributed by atoms with van der Waals surface area (Å²) in [5, 5.41) is 8.83. The molecule has 2 heterocycles. The van der Waals surface area contributed by atoms with E-state index < -0.39 is 9.84 Å². The number of rotatable bonds is 10. The number of ether oxygens (including phenoxy) is 1. The smallest absolute Gasteiger partial charge is 0.150 e. The van der Waals surface area contributed by atoms with Crippen molar-refractivity contribution < 1.29 is 13.2 Å². The summed E-state index contributed by atoms with van der Waals surface area (Å²) in [6.45, 7) is 8.09. The molecular formula is C21H32N4O3S. The van der Waals surface area contributed by atoms with Gasteiger partial charge in [0.15, 0.2) is 0 Å². The molecule has 2 unspecified atom stereocenters. The summed E-state index contributed by atoms with van der Waals surface area (Å²) in [6, 6.07) is 9.12. The third-order valence-corrected chi connectivity index (χ3v) is 7.74. The van der Waals surface area contributed by atoms with Gasteiger partial charge in [-0.25, -0.2) is 8.42 Å². The van der Waals surface area contributed by atoms with Crippen molar-refractivity contribution in [2.45, 2.75) is 19.4 Å². The first-order valence-corrected chi connectivity index (χ1v) is 12.2. The maximum absolute atomic E-state index is 11.6. The van der Waals surface area contributed by atoms with Crippen LogP contribution in [0.5, 0.6) is 5.75 Å². The molecule has 0 saturated carbocycles. The van der Waals surface area contributed by atoms with Crippen molar-refractivity contribution in [3.05, 3.63) is 29.8 Å². The zero-order valence-corrected chi connectivity index (χ0v) is 18.0. The molecule has 160 valence electrons. The second-order valence-electron chi connectivity index (χ2n) is 8.30. The van der Waals surface area contributed by atoms with Crippen LogP contribution in [0.1, 0.15) is 18.9 Å². The first kappa shape index (κ1) is 22.0. The number of fused-ring (bicyclic) bond motifs is 1. The Morgan fingerprint density at radius 2 is 1.79 bits per heavy atom. The Labute approximate surface area is 174 Å². The molecule has 8 heteroatoms. The molecule has 2 aliphatic heterocycles. The normalized spacial score (nSPS) is 23.6. The second-order valence-corrected chi connectivity index (χ2v) is 10.8. The molecule has 0 bridgehead atoms. The molecule has 0 spiro atoms. The average molecular weight is 421 g/mol. The van der Waals surface area contributed by atoms with Gasteiger partial charge in [-0.2, -0.15) is 5.26 Å². The van der Waals surface area contributed by atoms with Crippen molar-refractivity contribution in [1.82, 2.24) is 9.80 Å². The lowest BCUT2D eigenvalue weighted by Crippen LogP contribution is -2.41. The van der Waals surface area contributed by atoms with Crippen molar-refractivity contribution in [2.24, 2.45) is 17.6 Å². The summed E-state index contributed by atoms with van der Waals surface area (Å²) in [4.78, 5) is 4.85. The molecule has 0 amide bonds. The fourth-order valence-corrected chi connectivity index (χ4v) is 5.24. The van der Waals surface area contributed by atoms with E-state index in [-0.39, 0.29) is 11.8 Å². The van der Waals surface area contributed by atoms with Crippen molar-refractivity contribution in [2.75, 3.05) is 57.4 Å². The van der Waals surface area contributed by atoms with E-state index >= 15 is 0 Å². The van der Waals surface area contributed by atoms with Gasteiger partial charge in [0.25, 0.3) is 0 Å². The molecular weight excluding hydrogens is 388 g/mol. The third kappa shape index (κ3) is 6.41. The van der Waals surface area contributed by atoms with Crippen LogP contribution in [0.3, 0.4) is 0 Å². The molecule has 0 radical (unpaired) electrons. The molecule has 2 aliphatic rings. The van der Waals surface area contributed by atoms with E-state index in [4.69, 9.17) is 15.7 Å². The monoisotopic (exact) mass is 420 g/mol. The molecule has 0 aromatic heterocycles. The molecule has 3 atom stereocenters. The molecule has 0 aliphatic carbocycles. The highest BCUT2D eigenvalue weighted by atomic mass is 32.2. The van der Waals surface area contributed by atoms with Crippen LogP contribution in [0, 0.1) is 23.2 Å². The lowest BCUT2D eigenvalue weighted by molar-refractivity contribution is 0.214. The number of nitrogens with zero attached hydrogens (tertiary/aromatic N) is 3. The van der Waals surface area contributed by atoms with E-state index in [1.807, 2.05) is 0 Å². The Balaban J connectivity index is 1.34. The van der Waals surface area contributed by atoms with Gasteiger partial charge in [0.2, 0.25) is 0 Å². The highest BCUT2D eigenvalue weighted by Crippen LogP contribution is 2.31. The Morgan fingerprint density at radius 3 is 2.38 bits per heavy atom. The summed E-state index contributed by atoms with van der Waals surface area (Å²) < 4.78 is 29.0. The van der Waals surface area contributed by atoms with E-state index in [2.05, 4.69) is 15.9 Å². The Morgan fingerprint density at radius 1 is 1.17 bits per heavy atom. The van der Waals surface area contributed by atoms with Gasteiger partial charge in [0, 0.05) is 38.5 Å². The fourth-order valence-electron chi connectivity index (χ4n) is 4.38. The van der Waals surface area contributed by atoms with Gasteiger partial charge in [-0.1, -0.05) is 6.92 Å². The predicted molar refractivity (Wildman–Crippen MR) is 113 cm³/mol. The SMILES string of the molecule is CCS(=O)(=O)CCCN1CC2CN(C[C@@H](N)COc3ccc(C#N)cc3)CC2C1. The second kappa shape index (κ2) is 9.90. The van der Waals surface area contributed by atoms with Crippen LogP contribution in [0.15, 0.2) is 24.3 Å². The Hall–Kier alpha value is -1.66. The number of likely N-dealkylation sites (tertiary alicyclic amines) is 2. The van der Waals surface area contributed by atoms with Gasteiger partial charge in [0.1, 0.15) is 22.2 Å². The zero-order valence-electron chi connectivity index (χ0n) is 17.2. The molecule has 7 nitrogen and oxygen atoms in total. The van der Waals surface area contributed by atoms with Crippen LogP contribution >= 0.6 is 0 Å². The number of benzene rings is 1. The van der Waals surface area contributed by atoms with E-state index in [9.17, 15) is 8.42 Å². The van der Waals surface area contributed by atoms with Gasteiger partial charge in [-0.3, -0.25) is 0 Å². The number of hydrogen-bond acceptors (Lipinski definition) is 7. The summed E-state index contributed by atoms with van der Waals surface area (Å²) in [6.07, 6.45) is 0.733. The number of nitriles is 1. The van der Waals surface area contributed by atoms with Gasteiger partial charge in [0.05, 0.1) is 23.4 Å². The fraction of sp³-hybridized carbons (Fsp3) is 0.667. The van der Waals surface area contributed by atoms with E-state index in [0.717, 1.165) is 51.4 Å². The van der Waals surface area contributed by atoms with Gasteiger partial charge in [-0.05, 0) is 49.1 Å². The van der Waals surface area contributed by atoms with Gasteiger partial charge >= 0.3 is 0 Å². The topological polar surface area (TPSA) is 99.7 Å². The maximum Gasteiger partial charge on any atom is 0.150 e. The van der Waals surface area contributed by atoms with Crippen LogP contribution in [-0.4, -0.2) is 81.6 Å². The van der Waals surface area contributed by atoms with Crippen molar-refractivity contribution in [3.63, 3.8) is 0 Å². The highest BCUT2D eigenvalue weighted by Gasteiger charge is 2.39. The number of nitrogens with two attached hydrogens (primary N) is 1. The minimum absolute atomic E-state index is 0.0557. The molecule has 2 N–H and O–H groups in total. The lowest BCUT2D eigenvalue weighted by atomic mass is 10.0. The summed E-state index contributed by atoms with van der Waals surface area (Å²) in [7, 11) is -2.86. The summed E-state index contributed by atoms with van der Waals surface area (Å²) >= 11 is 0. The van der Waals surface area contributed by atoms with Crippen molar-refractivity contribution in [1.29, 1.82) is 5.26 Å². The zero-order chi connectivity index (χ0) is 20.9. The number of sulfone groups is 1. The van der Waals surface area contributed by atoms with E-state index in [0.29, 0.717) is 29.8 Å². The molecule has 2 fully saturated rings. The molecule has 1 aromatic rings. The lowest BCUT2D eigenvalue weighted by Gasteiger charge is -2.24. The van der Waals surface area contributed by atoms with Gasteiger partial charge < -0.3 is 20.3 Å². The third-order valence-electron chi connectivity index (χ3n) is 5.95. The van der Waals surface area contributed by atoms with Crippen LogP contribution in [-0.2, 0) is 9.84 Å². The van der Waals surface area contributed by atoms with Crippen LogP contribution in [0.4, 0.5) is 0 Å². The first-order valence-electron chi connectivity index (χ1n) is 10.4. The van der Waals surface area contributed by atoms with Crippen LogP contribution < -0.4 is 10.5 Å². The Bertz CT molecular complexity index is 792. The first-order chi connectivity index (χ1) is 13.9. The molecule has 2 saturated heterocycles. The predicted octanol–water partition coefficient (Wildman–Crippen LogP) is 0.953. The molecule has 29 heavy (non-hydrogen) atoms. The number of hydrogen-bond donors (Lipinski definition) is 1. The molecule has 3 rings (SSSR count). The largest absolute Gasteiger partial charge is 0.492 e. The van der Waals surface area contributed by atoms with Crippen molar-refractivity contribution >= 4 is 9.84 Å². The maximum atomic E-state index is 11.6. The molecule has 1 aromatic carbocycles. The minimum Gasteiger partial charge on any atom is -0.492 e.